The van der Waals surface area contributed by atoms with Crippen LogP contribution < -0.4 is 10.0 Å². The Morgan fingerprint density at radius 2 is 1.62 bits per heavy atom. The molecule has 0 aromatic heterocycles. The third-order valence-electron chi connectivity index (χ3n) is 4.52. The van der Waals surface area contributed by atoms with Crippen molar-refractivity contribution in [3.05, 3.63) is 94.5 Å². The van der Waals surface area contributed by atoms with Crippen LogP contribution in [-0.4, -0.2) is 14.3 Å². The predicted octanol–water partition coefficient (Wildman–Crippen LogP) is 4.94. The molecule has 0 aliphatic rings. The minimum Gasteiger partial charge on any atom is -0.345 e. The number of benzene rings is 3. The van der Waals surface area contributed by atoms with E-state index in [0.717, 1.165) is 11.1 Å². The topological polar surface area (TPSA) is 75.3 Å². The molecule has 3 aromatic carbocycles. The molecular weight excluding hydrogens is 408 g/mol. The highest BCUT2D eigenvalue weighted by Crippen LogP contribution is 2.24. The van der Waals surface area contributed by atoms with Crippen molar-refractivity contribution in [2.24, 2.45) is 0 Å². The Morgan fingerprint density at radius 3 is 2.31 bits per heavy atom. The molecule has 7 heteroatoms. The molecule has 0 heterocycles. The lowest BCUT2D eigenvalue weighted by molar-refractivity contribution is 0.0940. The van der Waals surface area contributed by atoms with E-state index in [2.05, 4.69) is 10.0 Å². The minimum atomic E-state index is -3.77. The van der Waals surface area contributed by atoms with Gasteiger partial charge in [0.2, 0.25) is 0 Å². The smallest absolute Gasteiger partial charge is 0.261 e. The number of nitrogens with one attached hydrogen (secondary N) is 2. The third-order valence-corrected chi connectivity index (χ3v) is 6.25. The maximum absolute atomic E-state index is 12.8. The van der Waals surface area contributed by atoms with Crippen LogP contribution in [0.3, 0.4) is 0 Å². The van der Waals surface area contributed by atoms with E-state index < -0.39 is 10.0 Å². The number of rotatable bonds is 6. The van der Waals surface area contributed by atoms with E-state index in [1.165, 1.54) is 30.3 Å². The van der Waals surface area contributed by atoms with Crippen molar-refractivity contribution in [1.29, 1.82) is 0 Å². The number of hydrogen-bond acceptors (Lipinski definition) is 3. The Bertz CT molecular complexity index is 1130. The molecule has 0 unspecified atom stereocenters. The molecule has 5 nitrogen and oxygen atoms in total. The van der Waals surface area contributed by atoms with Crippen LogP contribution in [0.15, 0.2) is 77.7 Å². The second-order valence-electron chi connectivity index (χ2n) is 6.66. The van der Waals surface area contributed by atoms with Crippen molar-refractivity contribution in [2.45, 2.75) is 24.8 Å². The maximum Gasteiger partial charge on any atom is 0.261 e. The van der Waals surface area contributed by atoms with E-state index >= 15 is 0 Å². The molecule has 0 aliphatic heterocycles. The van der Waals surface area contributed by atoms with Gasteiger partial charge in [0.25, 0.3) is 15.9 Å². The average molecular weight is 429 g/mol. The van der Waals surface area contributed by atoms with Gasteiger partial charge in [0.1, 0.15) is 0 Å². The summed E-state index contributed by atoms with van der Waals surface area (Å²) in [4.78, 5) is 12.9. The molecule has 0 saturated heterocycles. The van der Waals surface area contributed by atoms with E-state index in [-0.39, 0.29) is 33.1 Å². The summed E-state index contributed by atoms with van der Waals surface area (Å²) in [6, 6.07) is 20.0. The second kappa shape index (κ2) is 8.68. The molecule has 29 heavy (non-hydrogen) atoms. The van der Waals surface area contributed by atoms with Crippen LogP contribution in [0.5, 0.6) is 0 Å². The normalized spacial score (nSPS) is 12.2. The Labute approximate surface area is 175 Å². The van der Waals surface area contributed by atoms with Gasteiger partial charge in [-0.1, -0.05) is 54.1 Å². The first kappa shape index (κ1) is 20.9. The van der Waals surface area contributed by atoms with Crippen molar-refractivity contribution >= 4 is 33.2 Å². The SMILES string of the molecule is Cc1ccccc1[C@H](C)NC(=O)c1cc(NS(=O)(=O)c2ccccc2)ccc1Cl. The number of anilines is 1. The monoisotopic (exact) mass is 428 g/mol. The Kier molecular flexibility index (Phi) is 6.25. The predicted molar refractivity (Wildman–Crippen MR) is 116 cm³/mol. The van der Waals surface area contributed by atoms with Crippen molar-refractivity contribution in [2.75, 3.05) is 4.72 Å². The fourth-order valence-corrected chi connectivity index (χ4v) is 4.28. The fraction of sp³-hybridized carbons (Fsp3) is 0.136. The van der Waals surface area contributed by atoms with Gasteiger partial charge in [0.15, 0.2) is 0 Å². The van der Waals surface area contributed by atoms with E-state index in [9.17, 15) is 13.2 Å². The zero-order chi connectivity index (χ0) is 21.0. The molecule has 0 spiro atoms. The number of hydrogen-bond donors (Lipinski definition) is 2. The lowest BCUT2D eigenvalue weighted by Gasteiger charge is -2.17. The largest absolute Gasteiger partial charge is 0.345 e. The molecule has 1 atom stereocenters. The molecule has 2 N–H and O–H groups in total. The van der Waals surface area contributed by atoms with Crippen LogP contribution in [0.2, 0.25) is 5.02 Å². The van der Waals surface area contributed by atoms with Gasteiger partial charge in [-0.3, -0.25) is 9.52 Å². The summed E-state index contributed by atoms with van der Waals surface area (Å²) in [6.07, 6.45) is 0. The number of aryl methyl sites for hydroxylation is 1. The van der Waals surface area contributed by atoms with Gasteiger partial charge in [0, 0.05) is 5.69 Å². The number of sulfonamides is 1. The van der Waals surface area contributed by atoms with Crippen molar-refractivity contribution < 1.29 is 13.2 Å². The zero-order valence-electron chi connectivity index (χ0n) is 16.0. The van der Waals surface area contributed by atoms with Crippen LogP contribution in [-0.2, 0) is 10.0 Å². The molecule has 0 bridgehead atoms. The lowest BCUT2D eigenvalue weighted by atomic mass is 10.0. The number of halogens is 1. The Balaban J connectivity index is 1.82. The van der Waals surface area contributed by atoms with Crippen LogP contribution in [0.4, 0.5) is 5.69 Å². The van der Waals surface area contributed by atoms with Gasteiger partial charge in [-0.25, -0.2) is 8.42 Å². The Hall–Kier alpha value is -2.83. The highest BCUT2D eigenvalue weighted by molar-refractivity contribution is 7.92. The summed E-state index contributed by atoms with van der Waals surface area (Å²) in [6.45, 7) is 3.86. The van der Waals surface area contributed by atoms with E-state index in [1.807, 2.05) is 38.1 Å². The van der Waals surface area contributed by atoms with E-state index in [0.29, 0.717) is 0 Å². The summed E-state index contributed by atoms with van der Waals surface area (Å²) < 4.78 is 27.5. The summed E-state index contributed by atoms with van der Waals surface area (Å²) >= 11 is 6.20. The van der Waals surface area contributed by atoms with Crippen molar-refractivity contribution in [1.82, 2.24) is 5.32 Å². The van der Waals surface area contributed by atoms with E-state index in [4.69, 9.17) is 11.6 Å². The Morgan fingerprint density at radius 1 is 0.966 bits per heavy atom. The van der Waals surface area contributed by atoms with Crippen molar-refractivity contribution in [3.63, 3.8) is 0 Å². The molecule has 0 radical (unpaired) electrons. The van der Waals surface area contributed by atoms with Gasteiger partial charge >= 0.3 is 0 Å². The van der Waals surface area contributed by atoms with E-state index in [1.54, 1.807) is 18.2 Å². The van der Waals surface area contributed by atoms with Gasteiger partial charge in [-0.05, 0) is 55.3 Å². The number of amides is 1. The first-order valence-electron chi connectivity index (χ1n) is 9.02. The second-order valence-corrected chi connectivity index (χ2v) is 8.75. The third kappa shape index (κ3) is 4.96. The van der Waals surface area contributed by atoms with Gasteiger partial charge in [-0.15, -0.1) is 0 Å². The highest BCUT2D eigenvalue weighted by atomic mass is 35.5. The molecule has 1 amide bonds. The van der Waals surface area contributed by atoms with Gasteiger partial charge in [-0.2, -0.15) is 0 Å². The van der Waals surface area contributed by atoms with Crippen LogP contribution >= 0.6 is 11.6 Å². The van der Waals surface area contributed by atoms with Gasteiger partial charge < -0.3 is 5.32 Å². The summed E-state index contributed by atoms with van der Waals surface area (Å²) in [5.41, 5.74) is 2.51. The molecule has 3 rings (SSSR count). The molecular formula is C22H21ClN2O3S. The first-order valence-corrected chi connectivity index (χ1v) is 10.9. The molecule has 150 valence electrons. The summed E-state index contributed by atoms with van der Waals surface area (Å²) in [5.74, 6) is -0.383. The molecule has 3 aromatic rings. The molecule has 0 saturated carbocycles. The van der Waals surface area contributed by atoms with Crippen LogP contribution in [0.1, 0.15) is 34.5 Å². The highest BCUT2D eigenvalue weighted by Gasteiger charge is 2.18. The lowest BCUT2D eigenvalue weighted by Crippen LogP contribution is -2.27. The molecule has 0 fully saturated rings. The minimum absolute atomic E-state index is 0.133. The first-order chi connectivity index (χ1) is 13.8. The fourth-order valence-electron chi connectivity index (χ4n) is 3.00. The summed E-state index contributed by atoms with van der Waals surface area (Å²) in [7, 11) is -3.77. The zero-order valence-corrected chi connectivity index (χ0v) is 17.6. The molecule has 0 aliphatic carbocycles. The summed E-state index contributed by atoms with van der Waals surface area (Å²) in [5, 5.41) is 3.15. The quantitative estimate of drug-likeness (QED) is 0.583. The average Bonchev–Trinajstić information content (AvgIpc) is 2.70. The standard InChI is InChI=1S/C22H21ClN2O3S/c1-15-8-6-7-11-19(15)16(2)24-22(26)20-14-17(12-13-21(20)23)25-29(27,28)18-9-4-3-5-10-18/h3-14,16,25H,1-2H3,(H,24,26)/t16-/m0/s1. The van der Waals surface area contributed by atoms with Crippen LogP contribution in [0.25, 0.3) is 0 Å². The van der Waals surface area contributed by atoms with Gasteiger partial charge in [0.05, 0.1) is 21.5 Å². The van der Waals surface area contributed by atoms with Crippen molar-refractivity contribution in [3.8, 4) is 0 Å². The number of carbonyl (C=O) groups is 1. The van der Waals surface area contributed by atoms with Crippen LogP contribution in [0, 0.1) is 6.92 Å². The number of carbonyl (C=O) groups excluding carboxylic acids is 1. The maximum atomic E-state index is 12.8.